The first-order valence-corrected chi connectivity index (χ1v) is 26.8. The van der Waals surface area contributed by atoms with E-state index in [1.54, 1.807) is 0 Å². The fourth-order valence-corrected chi connectivity index (χ4v) is 0. The van der Waals surface area contributed by atoms with Gasteiger partial charge in [-0.1, -0.05) is 0 Å². The van der Waals surface area contributed by atoms with Crippen molar-refractivity contribution < 1.29 is 26.5 Å². The molecule has 0 unspecified atom stereocenters. The summed E-state index contributed by atoms with van der Waals surface area (Å²) in [5.74, 6) is 0. The van der Waals surface area contributed by atoms with Gasteiger partial charge in [0.1, 0.15) is 0 Å². The Bertz CT molecular complexity index is 144. The molecule has 10 heavy (non-hydrogen) atoms. The smallest absolute Gasteiger partial charge is 0 e. The molecule has 0 rings (SSSR count). The molecule has 0 fully saturated rings. The van der Waals surface area contributed by atoms with Crippen LogP contribution in [0.25, 0.3) is 0 Å². The molecule has 0 aromatic carbocycles. The van der Waals surface area contributed by atoms with Gasteiger partial charge in [0.05, 0.1) is 0 Å². The van der Waals surface area contributed by atoms with Crippen LogP contribution in [0.4, 0.5) is 0 Å². The predicted molar refractivity (Wildman–Crippen MR) is 46.8 cm³/mol. The average molecular weight is 423 g/mol. The van der Waals surface area contributed by atoms with Gasteiger partial charge in [0.15, 0.2) is 0 Å². The number of rotatable bonds is 0. The molecule has 0 aromatic rings. The van der Waals surface area contributed by atoms with Gasteiger partial charge in [-0.3, -0.25) is 0 Å². The SMILES string of the molecule is [Cl][Zr]([Cl])([Cl])([Cl])([Cl])([Cl])([Cl])[Cl].[Ti]. The maximum Gasteiger partial charge on any atom is 0 e. The van der Waals surface area contributed by atoms with Gasteiger partial charge in [0, 0.05) is 21.7 Å². The molecule has 0 heterocycles. The van der Waals surface area contributed by atoms with Crippen molar-refractivity contribution in [2.75, 3.05) is 0 Å². The predicted octanol–water partition coefficient (Wildman–Crippen LogP) is 5.51. The van der Waals surface area contributed by atoms with Crippen molar-refractivity contribution in [2.45, 2.75) is 0 Å². The fraction of sp³-hybridized carbons (Fsp3) is 0. The van der Waals surface area contributed by atoms with E-state index in [1.165, 1.54) is 0 Å². The van der Waals surface area contributed by atoms with Crippen LogP contribution in [0.1, 0.15) is 0 Å². The second-order valence-electron chi connectivity index (χ2n) is 2.00. The summed E-state index contributed by atoms with van der Waals surface area (Å²) in [4.78, 5) is -7.61. The van der Waals surface area contributed by atoms with Gasteiger partial charge in [-0.2, -0.15) is 0 Å². The first-order valence-electron chi connectivity index (χ1n) is 1.51. The van der Waals surface area contributed by atoms with Crippen LogP contribution in [0.5, 0.6) is 0 Å². The third-order valence-electron chi connectivity index (χ3n) is 0. The molecular formula is Cl8TiZr. The van der Waals surface area contributed by atoms with E-state index < -0.39 is 4.78 Å². The third-order valence-corrected chi connectivity index (χ3v) is 0. The van der Waals surface area contributed by atoms with Gasteiger partial charge in [-0.05, 0) is 0 Å². The number of hydrogen-bond donors (Lipinski definition) is 0. The summed E-state index contributed by atoms with van der Waals surface area (Å²) < 4.78 is 0. The quantitative estimate of drug-likeness (QED) is 0.452. The third kappa shape index (κ3) is 92.6. The molecule has 0 aromatic heterocycles. The monoisotopic (exact) mass is 418 g/mol. The zero-order valence-corrected chi connectivity index (χ0v) is 14.1. The van der Waals surface area contributed by atoms with Gasteiger partial charge in [-0.25, -0.2) is 0 Å². The van der Waals surface area contributed by atoms with Crippen LogP contribution in [0.2, 0.25) is 0 Å². The minimum Gasteiger partial charge on any atom is 0 e. The summed E-state index contributed by atoms with van der Waals surface area (Å²) in [6.45, 7) is 0. The van der Waals surface area contributed by atoms with Gasteiger partial charge < -0.3 is 0 Å². The fourth-order valence-electron chi connectivity index (χ4n) is 0. The van der Waals surface area contributed by atoms with Crippen molar-refractivity contribution in [1.29, 1.82) is 0 Å². The maximum absolute atomic E-state index is 7.61. The van der Waals surface area contributed by atoms with Crippen LogP contribution in [0, 0.1) is 0 Å². The van der Waals surface area contributed by atoms with Crippen molar-refractivity contribution in [2.24, 2.45) is 0 Å². The largest absolute Gasteiger partial charge is 0 e. The number of hydrogen-bond acceptors (Lipinski definition) is 0. The average Bonchev–Trinajstić information content (AvgIpc) is 0.503. The van der Waals surface area contributed by atoms with Crippen molar-refractivity contribution in [3.63, 3.8) is 0 Å². The molecule has 0 spiro atoms. The van der Waals surface area contributed by atoms with Gasteiger partial charge in [-0.15, -0.1) is 0 Å². The molecule has 0 nitrogen and oxygen atoms in total. The van der Waals surface area contributed by atoms with Gasteiger partial charge in [0.25, 0.3) is 0 Å². The molecule has 0 radical (unpaired) electrons. The van der Waals surface area contributed by atoms with Crippen LogP contribution in [-0.2, 0) is 26.5 Å². The second kappa shape index (κ2) is 1.80. The normalized spacial score (nSPS) is 28.0. The van der Waals surface area contributed by atoms with E-state index in [-0.39, 0.29) is 21.7 Å². The Balaban J connectivity index is 0. The summed E-state index contributed by atoms with van der Waals surface area (Å²) in [5.41, 5.74) is 0. The second-order valence-corrected chi connectivity index (χ2v) is 106. The molecule has 0 saturated carbocycles. The summed E-state index contributed by atoms with van der Waals surface area (Å²) in [6, 6.07) is 0. The molecule has 0 N–H and O–H groups in total. The Kier molecular flexibility index (Phi) is 2.94. The molecule has 0 bridgehead atoms. The van der Waals surface area contributed by atoms with Crippen LogP contribution >= 0.6 is 68.1 Å². The Morgan fingerprint density at radius 2 is 0.500 bits per heavy atom. The minimum atomic E-state index is -7.61. The molecule has 0 atom stereocenters. The zero-order valence-electron chi connectivity index (χ0n) is 4.02. The van der Waals surface area contributed by atoms with Crippen LogP contribution in [0.3, 0.4) is 0 Å². The van der Waals surface area contributed by atoms with Crippen molar-refractivity contribution in [3.8, 4) is 0 Å². The first-order chi connectivity index (χ1) is 2.83. The Morgan fingerprint density at radius 3 is 0.500 bits per heavy atom. The maximum atomic E-state index is 5.09. The molecule has 64 valence electrons. The Hall–Kier alpha value is 3.92. The molecule has 0 aliphatic rings. The summed E-state index contributed by atoms with van der Waals surface area (Å²) in [6.07, 6.45) is 0. The van der Waals surface area contributed by atoms with Crippen molar-refractivity contribution in [3.05, 3.63) is 0 Å². The van der Waals surface area contributed by atoms with E-state index in [4.69, 9.17) is 68.1 Å². The summed E-state index contributed by atoms with van der Waals surface area (Å²) in [7, 11) is 40.7. The summed E-state index contributed by atoms with van der Waals surface area (Å²) in [5, 5.41) is 0. The van der Waals surface area contributed by atoms with E-state index in [9.17, 15) is 0 Å². The van der Waals surface area contributed by atoms with Crippen LogP contribution in [-0.4, -0.2) is 0 Å². The topological polar surface area (TPSA) is 0 Å². The molecule has 10 heteroatoms. The van der Waals surface area contributed by atoms with Gasteiger partial charge >= 0.3 is 72.9 Å². The Morgan fingerprint density at radius 1 is 0.500 bits per heavy atom. The van der Waals surface area contributed by atoms with Crippen molar-refractivity contribution in [1.82, 2.24) is 0 Å². The van der Waals surface area contributed by atoms with Crippen LogP contribution < -0.4 is 0 Å². The molecule has 0 aliphatic heterocycles. The Labute approximate surface area is 92.3 Å². The summed E-state index contributed by atoms with van der Waals surface area (Å²) >= 11 is 0. The van der Waals surface area contributed by atoms with Gasteiger partial charge in [0.2, 0.25) is 0 Å². The standard InChI is InChI=1S/8ClH.Ti.Zr/h8*1H;;/q;;;;;;;;;+8/p-8. The van der Waals surface area contributed by atoms with Crippen LogP contribution in [0.15, 0.2) is 0 Å². The molecule has 0 aliphatic carbocycles. The first kappa shape index (κ1) is 16.4. The molecule has 0 amide bonds. The zero-order chi connectivity index (χ0) is 8.35. The van der Waals surface area contributed by atoms with E-state index >= 15 is 0 Å². The minimum absolute atomic E-state index is 0. The molecule has 0 saturated heterocycles. The van der Waals surface area contributed by atoms with E-state index in [2.05, 4.69) is 0 Å². The van der Waals surface area contributed by atoms with E-state index in [0.29, 0.717) is 0 Å². The van der Waals surface area contributed by atoms with E-state index in [0.717, 1.165) is 0 Å². The van der Waals surface area contributed by atoms with Crippen molar-refractivity contribution >= 4 is 68.1 Å². The van der Waals surface area contributed by atoms with E-state index in [1.807, 2.05) is 0 Å². The number of halogens is 8. The molecular weight excluding hydrogens is 423 g/mol.